The van der Waals surface area contributed by atoms with E-state index in [1.807, 2.05) is 0 Å². The van der Waals surface area contributed by atoms with Gasteiger partial charge in [-0.2, -0.15) is 25.3 Å². The summed E-state index contributed by atoms with van der Waals surface area (Å²) in [6, 6.07) is 5.06. The smallest absolute Gasteiger partial charge is 0.399 e. The van der Waals surface area contributed by atoms with E-state index >= 15 is 0 Å². The minimum atomic E-state index is -5.21. The van der Waals surface area contributed by atoms with E-state index in [9.17, 15) is 25.3 Å². The van der Waals surface area contributed by atoms with Gasteiger partial charge in [-0.05, 0) is 18.2 Å². The first-order valence-corrected chi connectivity index (χ1v) is 9.42. The molecule has 0 spiro atoms. The summed E-state index contributed by atoms with van der Waals surface area (Å²) in [6.07, 6.45) is 0. The number of anilines is 1. The molecule has 0 aromatic heterocycles. The van der Waals surface area contributed by atoms with Gasteiger partial charge in [0.25, 0.3) is 20.2 Å². The van der Waals surface area contributed by atoms with E-state index < -0.39 is 43.0 Å². The lowest BCUT2D eigenvalue weighted by atomic mass is 10.3. The third-order valence-electron chi connectivity index (χ3n) is 1.91. The molecule has 21 heavy (non-hydrogen) atoms. The zero-order valence-corrected chi connectivity index (χ0v) is 12.7. The van der Waals surface area contributed by atoms with Gasteiger partial charge in [0.05, 0.1) is 11.5 Å². The van der Waals surface area contributed by atoms with Crippen LogP contribution in [0.5, 0.6) is 0 Å². The molecule has 0 aliphatic rings. The van der Waals surface area contributed by atoms with Gasteiger partial charge in [-0.15, -0.1) is 3.63 Å². The molecule has 0 unspecified atom stereocenters. The van der Waals surface area contributed by atoms with E-state index in [1.54, 1.807) is 0 Å². The van der Waals surface area contributed by atoms with Gasteiger partial charge in [-0.3, -0.25) is 8.74 Å². The number of benzene rings is 1. The SMILES string of the molecule is Nc1cccc(S(=O)(=O)OCCS(=O)(=O)OS(=O)(=O)O)c1. The van der Waals surface area contributed by atoms with Crippen LogP contribution in [-0.2, 0) is 38.4 Å². The first kappa shape index (κ1) is 17.8. The summed E-state index contributed by atoms with van der Waals surface area (Å²) < 4.78 is 82.0. The molecule has 10 nitrogen and oxygen atoms in total. The van der Waals surface area contributed by atoms with Crippen LogP contribution in [0.1, 0.15) is 0 Å². The highest BCUT2D eigenvalue weighted by Gasteiger charge is 2.22. The first-order chi connectivity index (χ1) is 9.41. The summed E-state index contributed by atoms with van der Waals surface area (Å²) in [6.45, 7) is -0.908. The molecule has 0 amide bonds. The van der Waals surface area contributed by atoms with Crippen molar-refractivity contribution in [3.8, 4) is 0 Å². The third kappa shape index (κ3) is 6.36. The van der Waals surface area contributed by atoms with Crippen molar-refractivity contribution in [2.24, 2.45) is 0 Å². The van der Waals surface area contributed by atoms with Crippen molar-refractivity contribution in [2.75, 3.05) is 18.1 Å². The number of rotatable bonds is 7. The van der Waals surface area contributed by atoms with E-state index in [0.717, 1.165) is 6.07 Å². The van der Waals surface area contributed by atoms with Crippen LogP contribution in [-0.4, -0.2) is 42.2 Å². The van der Waals surface area contributed by atoms with Crippen molar-refractivity contribution in [3.63, 3.8) is 0 Å². The van der Waals surface area contributed by atoms with Crippen molar-refractivity contribution < 1.29 is 37.6 Å². The summed E-state index contributed by atoms with van der Waals surface area (Å²) in [5.41, 5.74) is 5.55. The Kier molecular flexibility index (Phi) is 5.30. The number of hydrogen-bond donors (Lipinski definition) is 2. The van der Waals surface area contributed by atoms with E-state index in [-0.39, 0.29) is 10.6 Å². The fraction of sp³-hybridized carbons (Fsp3) is 0.250. The van der Waals surface area contributed by atoms with Gasteiger partial charge in [0.2, 0.25) is 0 Å². The highest BCUT2D eigenvalue weighted by atomic mass is 32.3. The van der Waals surface area contributed by atoms with Crippen LogP contribution in [0.15, 0.2) is 29.2 Å². The molecule has 0 radical (unpaired) electrons. The molecular weight excluding hydrogens is 350 g/mol. The maximum absolute atomic E-state index is 11.7. The minimum absolute atomic E-state index is 0.155. The molecule has 0 saturated carbocycles. The molecule has 1 aromatic rings. The molecule has 13 heteroatoms. The highest BCUT2D eigenvalue weighted by Crippen LogP contribution is 2.15. The quantitative estimate of drug-likeness (QED) is 0.353. The van der Waals surface area contributed by atoms with Gasteiger partial charge in [-0.1, -0.05) is 6.07 Å². The summed E-state index contributed by atoms with van der Waals surface area (Å²) in [5, 5.41) is 0. The van der Waals surface area contributed by atoms with Crippen LogP contribution in [0, 0.1) is 0 Å². The van der Waals surface area contributed by atoms with Crippen molar-refractivity contribution in [1.29, 1.82) is 0 Å². The number of hydrogen-bond acceptors (Lipinski definition) is 9. The summed E-state index contributed by atoms with van der Waals surface area (Å²) in [7, 11) is -14.2. The lowest BCUT2D eigenvalue weighted by molar-refractivity contribution is 0.332. The molecule has 1 rings (SSSR count). The second kappa shape index (κ2) is 6.25. The second-order valence-corrected chi connectivity index (χ2v) is 8.14. The monoisotopic (exact) mass is 361 g/mol. The Morgan fingerprint density at radius 3 is 2.24 bits per heavy atom. The van der Waals surface area contributed by atoms with Gasteiger partial charge in [0, 0.05) is 5.69 Å². The minimum Gasteiger partial charge on any atom is -0.399 e. The zero-order chi connectivity index (χ0) is 16.3. The lowest BCUT2D eigenvalue weighted by Crippen LogP contribution is -2.20. The van der Waals surface area contributed by atoms with Gasteiger partial charge in [0.15, 0.2) is 0 Å². The third-order valence-corrected chi connectivity index (χ3v) is 5.40. The van der Waals surface area contributed by atoms with E-state index in [1.165, 1.54) is 18.2 Å². The Morgan fingerprint density at radius 1 is 1.10 bits per heavy atom. The second-order valence-electron chi connectivity index (χ2n) is 3.61. The van der Waals surface area contributed by atoms with Gasteiger partial charge >= 0.3 is 10.4 Å². The van der Waals surface area contributed by atoms with E-state index in [0.29, 0.717) is 0 Å². The van der Waals surface area contributed by atoms with Crippen molar-refractivity contribution in [2.45, 2.75) is 4.90 Å². The average Bonchev–Trinajstić information content (AvgIpc) is 2.24. The molecular formula is C8H11NO9S3. The van der Waals surface area contributed by atoms with Crippen LogP contribution in [0.2, 0.25) is 0 Å². The maximum atomic E-state index is 11.7. The molecule has 0 aliphatic carbocycles. The molecule has 0 saturated heterocycles. The average molecular weight is 361 g/mol. The van der Waals surface area contributed by atoms with Crippen molar-refractivity contribution in [1.82, 2.24) is 0 Å². The Bertz CT molecular complexity index is 810. The van der Waals surface area contributed by atoms with Crippen LogP contribution in [0.4, 0.5) is 5.69 Å². The Morgan fingerprint density at radius 2 is 1.71 bits per heavy atom. The number of nitrogens with two attached hydrogens (primary N) is 1. The predicted molar refractivity (Wildman–Crippen MR) is 70.4 cm³/mol. The van der Waals surface area contributed by atoms with E-state index in [4.69, 9.17) is 10.3 Å². The Balaban J connectivity index is 2.72. The van der Waals surface area contributed by atoms with Crippen LogP contribution in [0.3, 0.4) is 0 Å². The topological polar surface area (TPSA) is 167 Å². The summed E-state index contributed by atoms with van der Waals surface area (Å²) >= 11 is 0. The van der Waals surface area contributed by atoms with Crippen molar-refractivity contribution in [3.05, 3.63) is 24.3 Å². The van der Waals surface area contributed by atoms with Gasteiger partial charge in [-0.25, -0.2) is 0 Å². The summed E-state index contributed by atoms with van der Waals surface area (Å²) in [5.74, 6) is -1.10. The van der Waals surface area contributed by atoms with Crippen LogP contribution in [0.25, 0.3) is 0 Å². The molecule has 0 fully saturated rings. The molecule has 0 atom stereocenters. The highest BCUT2D eigenvalue weighted by molar-refractivity contribution is 7.97. The van der Waals surface area contributed by atoms with Crippen LogP contribution >= 0.6 is 0 Å². The van der Waals surface area contributed by atoms with Crippen molar-refractivity contribution >= 4 is 36.3 Å². The molecule has 3 N–H and O–H groups in total. The van der Waals surface area contributed by atoms with Gasteiger partial charge < -0.3 is 5.73 Å². The maximum Gasteiger partial charge on any atom is 0.412 e. The fourth-order valence-electron chi connectivity index (χ4n) is 1.15. The van der Waals surface area contributed by atoms with Crippen LogP contribution < -0.4 is 5.73 Å². The molecule has 0 bridgehead atoms. The lowest BCUT2D eigenvalue weighted by Gasteiger charge is -2.06. The predicted octanol–water partition coefficient (Wildman–Crippen LogP) is -0.877. The molecule has 0 aliphatic heterocycles. The first-order valence-electron chi connectivity index (χ1n) is 5.07. The van der Waals surface area contributed by atoms with Gasteiger partial charge in [0.1, 0.15) is 5.75 Å². The zero-order valence-electron chi connectivity index (χ0n) is 10.2. The Hall–Kier alpha value is -1.25. The summed E-state index contributed by atoms with van der Waals surface area (Å²) in [4.78, 5) is -0.296. The fourth-order valence-corrected chi connectivity index (χ4v) is 3.83. The normalized spacial score (nSPS) is 13.2. The Labute approximate surface area is 121 Å². The molecule has 0 heterocycles. The largest absolute Gasteiger partial charge is 0.412 e. The van der Waals surface area contributed by atoms with E-state index in [2.05, 4.69) is 7.81 Å². The molecule has 120 valence electrons. The standard InChI is InChI=1S/C8H11NO9S3/c9-7-2-1-3-8(6-7)20(12,13)17-4-5-19(10,11)18-21(14,15)16/h1-3,6H,4-5,9H2,(H,14,15,16). The molecule has 1 aromatic carbocycles. The number of nitrogen functional groups attached to an aromatic ring is 1.